The van der Waals surface area contributed by atoms with Crippen molar-refractivity contribution in [2.45, 2.75) is 6.92 Å². The smallest absolute Gasteiger partial charge is 0.256 e. The zero-order valence-electron chi connectivity index (χ0n) is 10.9. The third-order valence-corrected chi connectivity index (χ3v) is 3.18. The van der Waals surface area contributed by atoms with Gasteiger partial charge < -0.3 is 10.1 Å². The number of benzene rings is 1. The van der Waals surface area contributed by atoms with Crippen LogP contribution in [0.15, 0.2) is 30.5 Å². The maximum atomic E-state index is 12.1. The van der Waals surface area contributed by atoms with Gasteiger partial charge in [0.25, 0.3) is 5.91 Å². The Morgan fingerprint density at radius 1 is 1.25 bits per heavy atom. The van der Waals surface area contributed by atoms with E-state index in [-0.39, 0.29) is 16.0 Å². The predicted octanol–water partition coefficient (Wildman–Crippen LogP) is 3.96. The van der Waals surface area contributed by atoms with Gasteiger partial charge in [0.2, 0.25) is 0 Å². The number of hydrogen-bond donors (Lipinski definition) is 1. The normalized spacial score (nSPS) is 10.2. The van der Waals surface area contributed by atoms with Crippen LogP contribution >= 0.6 is 23.2 Å². The van der Waals surface area contributed by atoms with E-state index in [0.717, 1.165) is 5.56 Å². The number of hydrogen-bond acceptors (Lipinski definition) is 3. The summed E-state index contributed by atoms with van der Waals surface area (Å²) in [5.74, 6) is 0.478. The highest BCUT2D eigenvalue weighted by Gasteiger charge is 2.14. The van der Waals surface area contributed by atoms with Gasteiger partial charge in [-0.05, 0) is 36.8 Å². The summed E-state index contributed by atoms with van der Waals surface area (Å²) in [5, 5.41) is 3.24. The summed E-state index contributed by atoms with van der Waals surface area (Å²) in [5.41, 5.74) is 1.34. The Hall–Kier alpha value is -1.78. The fourth-order valence-corrected chi connectivity index (χ4v) is 2.32. The molecular formula is C14H12Cl2N2O2. The highest BCUT2D eigenvalue weighted by Crippen LogP contribution is 2.33. The number of nitrogens with zero attached hydrogens (tertiary/aromatic N) is 1. The number of methoxy groups -OCH3 is 1. The van der Waals surface area contributed by atoms with Gasteiger partial charge >= 0.3 is 0 Å². The fourth-order valence-electron chi connectivity index (χ4n) is 1.68. The molecule has 6 heteroatoms. The molecule has 0 saturated heterocycles. The molecule has 1 aromatic carbocycles. The summed E-state index contributed by atoms with van der Waals surface area (Å²) in [4.78, 5) is 16.2. The summed E-state index contributed by atoms with van der Waals surface area (Å²) in [6.07, 6.45) is 1.62. The number of pyridine rings is 1. The van der Waals surface area contributed by atoms with Crippen molar-refractivity contribution in [2.75, 3.05) is 12.4 Å². The minimum absolute atomic E-state index is 0.280. The molecular weight excluding hydrogens is 299 g/mol. The van der Waals surface area contributed by atoms with Crippen molar-refractivity contribution >= 4 is 34.9 Å². The molecule has 0 spiro atoms. The lowest BCUT2D eigenvalue weighted by Gasteiger charge is -2.09. The molecule has 0 aliphatic carbocycles. The van der Waals surface area contributed by atoms with Crippen LogP contribution in [0.4, 0.5) is 5.82 Å². The van der Waals surface area contributed by atoms with Gasteiger partial charge in [0, 0.05) is 11.8 Å². The van der Waals surface area contributed by atoms with E-state index in [0.29, 0.717) is 17.1 Å². The Bertz CT molecular complexity index is 636. The lowest BCUT2D eigenvalue weighted by Crippen LogP contribution is -2.13. The molecule has 0 saturated carbocycles. The quantitative estimate of drug-likeness (QED) is 0.933. The van der Waals surface area contributed by atoms with E-state index in [1.807, 2.05) is 13.0 Å². The lowest BCUT2D eigenvalue weighted by molar-refractivity contribution is 0.102. The van der Waals surface area contributed by atoms with Crippen molar-refractivity contribution in [3.05, 3.63) is 51.6 Å². The summed E-state index contributed by atoms with van der Waals surface area (Å²) in [7, 11) is 1.46. The largest absolute Gasteiger partial charge is 0.494 e. The molecule has 0 aliphatic rings. The van der Waals surface area contributed by atoms with Crippen molar-refractivity contribution in [3.8, 4) is 5.75 Å². The highest BCUT2D eigenvalue weighted by atomic mass is 35.5. The van der Waals surface area contributed by atoms with Crippen LogP contribution in [0.2, 0.25) is 10.0 Å². The van der Waals surface area contributed by atoms with Gasteiger partial charge in [-0.1, -0.05) is 23.2 Å². The molecule has 1 N–H and O–H groups in total. The first-order valence-electron chi connectivity index (χ1n) is 5.78. The molecule has 0 radical (unpaired) electrons. The van der Waals surface area contributed by atoms with Crippen molar-refractivity contribution in [2.24, 2.45) is 0 Å². The number of aryl methyl sites for hydroxylation is 1. The van der Waals surface area contributed by atoms with Gasteiger partial charge in [-0.15, -0.1) is 0 Å². The molecule has 20 heavy (non-hydrogen) atoms. The maximum absolute atomic E-state index is 12.1. The minimum Gasteiger partial charge on any atom is -0.494 e. The van der Waals surface area contributed by atoms with Gasteiger partial charge in [-0.25, -0.2) is 4.98 Å². The van der Waals surface area contributed by atoms with Crippen LogP contribution in [0.1, 0.15) is 15.9 Å². The van der Waals surface area contributed by atoms with Gasteiger partial charge in [0.1, 0.15) is 5.82 Å². The molecule has 2 aromatic rings. The highest BCUT2D eigenvalue weighted by molar-refractivity contribution is 6.37. The first-order chi connectivity index (χ1) is 9.51. The van der Waals surface area contributed by atoms with E-state index in [1.54, 1.807) is 12.3 Å². The third kappa shape index (κ3) is 3.21. The summed E-state index contributed by atoms with van der Waals surface area (Å²) in [6.45, 7) is 1.92. The predicted molar refractivity (Wildman–Crippen MR) is 79.9 cm³/mol. The lowest BCUT2D eigenvalue weighted by atomic mass is 10.2. The number of carbonyl (C=O) groups is 1. The van der Waals surface area contributed by atoms with E-state index in [1.165, 1.54) is 19.2 Å². The number of amides is 1. The number of ether oxygens (including phenoxy) is 1. The topological polar surface area (TPSA) is 51.2 Å². The van der Waals surface area contributed by atoms with Crippen molar-refractivity contribution < 1.29 is 9.53 Å². The SMILES string of the molecule is COc1c(Cl)cc(C(=O)Nc2cc(C)ccn2)cc1Cl. The van der Waals surface area contributed by atoms with Gasteiger partial charge in [0.15, 0.2) is 5.75 Å². The van der Waals surface area contributed by atoms with Crippen molar-refractivity contribution in [1.82, 2.24) is 4.98 Å². The van der Waals surface area contributed by atoms with Crippen LogP contribution in [-0.2, 0) is 0 Å². The minimum atomic E-state index is -0.338. The maximum Gasteiger partial charge on any atom is 0.256 e. The average molecular weight is 311 g/mol. The molecule has 2 rings (SSSR count). The van der Waals surface area contributed by atoms with E-state index >= 15 is 0 Å². The molecule has 1 amide bonds. The fraction of sp³-hybridized carbons (Fsp3) is 0.143. The van der Waals surface area contributed by atoms with Gasteiger partial charge in [-0.3, -0.25) is 4.79 Å². The van der Waals surface area contributed by atoms with Gasteiger partial charge in [0.05, 0.1) is 17.2 Å². The third-order valence-electron chi connectivity index (χ3n) is 2.62. The zero-order valence-corrected chi connectivity index (χ0v) is 12.4. The number of aromatic nitrogens is 1. The Balaban J connectivity index is 2.26. The zero-order chi connectivity index (χ0) is 14.7. The summed E-state index contributed by atoms with van der Waals surface area (Å²) >= 11 is 12.0. The number of nitrogens with one attached hydrogen (secondary N) is 1. The summed E-state index contributed by atoms with van der Waals surface area (Å²) < 4.78 is 5.04. The molecule has 0 atom stereocenters. The van der Waals surface area contributed by atoms with Crippen LogP contribution < -0.4 is 10.1 Å². The van der Waals surface area contributed by atoms with Crippen molar-refractivity contribution in [3.63, 3.8) is 0 Å². The van der Waals surface area contributed by atoms with Crippen LogP contribution in [0.3, 0.4) is 0 Å². The Kier molecular flexibility index (Phi) is 4.47. The van der Waals surface area contributed by atoms with Gasteiger partial charge in [-0.2, -0.15) is 0 Å². The van der Waals surface area contributed by atoms with Crippen LogP contribution in [0.25, 0.3) is 0 Å². The monoisotopic (exact) mass is 310 g/mol. The number of rotatable bonds is 3. The standard InChI is InChI=1S/C14H12Cl2N2O2/c1-8-3-4-17-12(5-8)18-14(19)9-6-10(15)13(20-2)11(16)7-9/h3-7H,1-2H3,(H,17,18,19). The molecule has 1 heterocycles. The molecule has 0 fully saturated rings. The Labute approximate surface area is 126 Å². The van der Waals surface area contributed by atoms with Crippen molar-refractivity contribution in [1.29, 1.82) is 0 Å². The number of halogens is 2. The molecule has 4 nitrogen and oxygen atoms in total. The molecule has 0 unspecified atom stereocenters. The van der Waals surface area contributed by atoms with E-state index in [4.69, 9.17) is 27.9 Å². The molecule has 1 aromatic heterocycles. The molecule has 104 valence electrons. The Morgan fingerprint density at radius 3 is 2.45 bits per heavy atom. The molecule has 0 aliphatic heterocycles. The van der Waals surface area contributed by atoms with E-state index in [9.17, 15) is 4.79 Å². The number of anilines is 1. The first-order valence-corrected chi connectivity index (χ1v) is 6.54. The average Bonchev–Trinajstić information content (AvgIpc) is 2.38. The van der Waals surface area contributed by atoms with Crippen LogP contribution in [0, 0.1) is 6.92 Å². The second-order valence-electron chi connectivity index (χ2n) is 4.15. The summed E-state index contributed by atoms with van der Waals surface area (Å²) in [6, 6.07) is 6.61. The Morgan fingerprint density at radius 2 is 1.90 bits per heavy atom. The number of carbonyl (C=O) groups excluding carboxylic acids is 1. The van der Waals surface area contributed by atoms with Crippen LogP contribution in [0.5, 0.6) is 5.75 Å². The first kappa shape index (κ1) is 14.6. The van der Waals surface area contributed by atoms with Crippen LogP contribution in [-0.4, -0.2) is 18.0 Å². The van der Waals surface area contributed by atoms with E-state index in [2.05, 4.69) is 10.3 Å². The second kappa shape index (κ2) is 6.11. The second-order valence-corrected chi connectivity index (χ2v) is 4.96. The van der Waals surface area contributed by atoms with E-state index < -0.39 is 0 Å². The molecule has 0 bridgehead atoms.